The number of hydrogen-bond acceptors (Lipinski definition) is 4. The highest BCUT2D eigenvalue weighted by Gasteiger charge is 2.11. The van der Waals surface area contributed by atoms with E-state index in [-0.39, 0.29) is 12.3 Å². The maximum atomic E-state index is 12.1. The van der Waals surface area contributed by atoms with E-state index in [2.05, 4.69) is 59.9 Å². The van der Waals surface area contributed by atoms with Crippen LogP contribution in [-0.2, 0) is 16.0 Å². The normalized spacial score (nSPS) is 11.5. The number of aliphatic carboxylic acids is 1. The van der Waals surface area contributed by atoms with Gasteiger partial charge in [-0.25, -0.2) is 0 Å². The van der Waals surface area contributed by atoms with Crippen LogP contribution in [0.2, 0.25) is 0 Å². The highest BCUT2D eigenvalue weighted by Crippen LogP contribution is 2.36. The fourth-order valence-corrected chi connectivity index (χ4v) is 5.91. The van der Waals surface area contributed by atoms with E-state index < -0.39 is 5.97 Å². The molecule has 0 fully saturated rings. The molecule has 4 nitrogen and oxygen atoms in total. The Balaban J connectivity index is 1.30. The van der Waals surface area contributed by atoms with Gasteiger partial charge in [0.25, 0.3) is 0 Å². The molecule has 2 N–H and O–H groups in total. The Kier molecular flexibility index (Phi) is 7.20. The number of hydrogen-bond donors (Lipinski definition) is 2. The van der Waals surface area contributed by atoms with E-state index in [0.29, 0.717) is 18.7 Å². The maximum absolute atomic E-state index is 12.1. The lowest BCUT2D eigenvalue weighted by molar-refractivity contribution is -0.136. The van der Waals surface area contributed by atoms with Crippen molar-refractivity contribution in [2.75, 3.05) is 18.1 Å². The fourth-order valence-electron chi connectivity index (χ4n) is 4.02. The molecular weight excluding hydrogens is 426 g/mol. The Labute approximate surface area is 189 Å². The van der Waals surface area contributed by atoms with Gasteiger partial charge in [0.1, 0.15) is 0 Å². The van der Waals surface area contributed by atoms with Crippen molar-refractivity contribution in [3.63, 3.8) is 0 Å². The van der Waals surface area contributed by atoms with Gasteiger partial charge in [-0.15, -0.1) is 0 Å². The first kappa shape index (κ1) is 21.8. The summed E-state index contributed by atoms with van der Waals surface area (Å²) in [6.07, 6.45) is 2.38. The lowest BCUT2D eigenvalue weighted by Gasteiger charge is -2.14. The van der Waals surface area contributed by atoms with Gasteiger partial charge < -0.3 is 10.4 Å². The molecule has 4 aromatic rings. The van der Waals surface area contributed by atoms with Gasteiger partial charge in [0.2, 0.25) is 5.91 Å². The van der Waals surface area contributed by atoms with Gasteiger partial charge in [0, 0.05) is 24.5 Å². The Morgan fingerprint density at radius 2 is 1.48 bits per heavy atom. The topological polar surface area (TPSA) is 66.4 Å². The number of benzene rings is 4. The fraction of sp³-hybridized carbons (Fsp3) is 0.280. The first-order valence-corrected chi connectivity index (χ1v) is 13.0. The van der Waals surface area contributed by atoms with Crippen LogP contribution in [-0.4, -0.2) is 35.0 Å². The molecule has 31 heavy (non-hydrogen) atoms. The molecule has 0 aliphatic rings. The van der Waals surface area contributed by atoms with Crippen LogP contribution < -0.4 is 5.32 Å². The van der Waals surface area contributed by atoms with Gasteiger partial charge >= 0.3 is 5.97 Å². The molecule has 1 amide bonds. The van der Waals surface area contributed by atoms with Crippen LogP contribution in [0, 0.1) is 0 Å². The molecule has 4 rings (SSSR count). The molecule has 0 saturated carbocycles. The molecule has 0 heterocycles. The summed E-state index contributed by atoms with van der Waals surface area (Å²) in [5.74, 6) is 0.679. The van der Waals surface area contributed by atoms with E-state index in [4.69, 9.17) is 5.11 Å². The molecule has 0 radical (unpaired) electrons. The average molecular weight is 452 g/mol. The predicted octanol–water partition coefficient (Wildman–Crippen LogP) is 5.88. The number of amides is 1. The second kappa shape index (κ2) is 10.2. The van der Waals surface area contributed by atoms with E-state index in [1.165, 1.54) is 48.7 Å². The highest BCUT2D eigenvalue weighted by molar-refractivity contribution is 8.76. The van der Waals surface area contributed by atoms with E-state index in [9.17, 15) is 9.59 Å². The minimum absolute atomic E-state index is 0.0776. The molecule has 0 aliphatic heterocycles. The SMILES string of the molecule is O=C(O)CCSSCCNC(=O)CCCc1ccc2ccc3cccc4ccc1c2c34. The smallest absolute Gasteiger partial charge is 0.304 e. The third-order valence-corrected chi connectivity index (χ3v) is 7.87. The van der Waals surface area contributed by atoms with Crippen LogP contribution in [0.3, 0.4) is 0 Å². The lowest BCUT2D eigenvalue weighted by atomic mass is 9.90. The summed E-state index contributed by atoms with van der Waals surface area (Å²) in [4.78, 5) is 22.6. The highest BCUT2D eigenvalue weighted by atomic mass is 33.1. The Morgan fingerprint density at radius 3 is 2.26 bits per heavy atom. The van der Waals surface area contributed by atoms with E-state index in [1.807, 2.05) is 0 Å². The van der Waals surface area contributed by atoms with Crippen LogP contribution in [0.5, 0.6) is 0 Å². The molecule has 0 bridgehead atoms. The summed E-state index contributed by atoms with van der Waals surface area (Å²) in [5, 5.41) is 19.3. The number of rotatable bonds is 11. The van der Waals surface area contributed by atoms with E-state index in [1.54, 1.807) is 10.8 Å². The zero-order chi connectivity index (χ0) is 21.6. The molecule has 0 unspecified atom stereocenters. The molecule has 0 aromatic heterocycles. The average Bonchev–Trinajstić information content (AvgIpc) is 2.77. The zero-order valence-electron chi connectivity index (χ0n) is 17.2. The minimum Gasteiger partial charge on any atom is -0.481 e. The number of carbonyl (C=O) groups excluding carboxylic acids is 1. The third kappa shape index (κ3) is 5.25. The van der Waals surface area contributed by atoms with Crippen molar-refractivity contribution in [2.45, 2.75) is 25.7 Å². The second-order valence-corrected chi connectivity index (χ2v) is 10.3. The molecule has 160 valence electrons. The number of carbonyl (C=O) groups is 2. The van der Waals surface area contributed by atoms with Crippen LogP contribution >= 0.6 is 21.6 Å². The van der Waals surface area contributed by atoms with Crippen molar-refractivity contribution in [1.82, 2.24) is 5.32 Å². The molecular formula is C25H25NO3S2. The third-order valence-electron chi connectivity index (χ3n) is 5.46. The van der Waals surface area contributed by atoms with Crippen molar-refractivity contribution in [2.24, 2.45) is 0 Å². The summed E-state index contributed by atoms with van der Waals surface area (Å²) < 4.78 is 0. The Bertz CT molecular complexity index is 1190. The maximum Gasteiger partial charge on any atom is 0.304 e. The first-order valence-electron chi connectivity index (χ1n) is 10.5. The predicted molar refractivity (Wildman–Crippen MR) is 133 cm³/mol. The van der Waals surface area contributed by atoms with Gasteiger partial charge in [0.05, 0.1) is 6.42 Å². The monoisotopic (exact) mass is 451 g/mol. The summed E-state index contributed by atoms with van der Waals surface area (Å²) in [6.45, 7) is 0.613. The second-order valence-electron chi connectivity index (χ2n) is 7.57. The van der Waals surface area contributed by atoms with Gasteiger partial charge in [0.15, 0.2) is 0 Å². The molecule has 0 saturated heterocycles. The van der Waals surface area contributed by atoms with E-state index >= 15 is 0 Å². The Morgan fingerprint density at radius 1 is 0.806 bits per heavy atom. The summed E-state index contributed by atoms with van der Waals surface area (Å²) in [7, 11) is 3.14. The summed E-state index contributed by atoms with van der Waals surface area (Å²) in [5.41, 5.74) is 1.30. The van der Waals surface area contributed by atoms with Crippen LogP contribution in [0.4, 0.5) is 0 Å². The van der Waals surface area contributed by atoms with Crippen molar-refractivity contribution < 1.29 is 14.7 Å². The number of aryl methyl sites for hydroxylation is 1. The molecule has 0 aliphatic carbocycles. The largest absolute Gasteiger partial charge is 0.481 e. The van der Waals surface area contributed by atoms with E-state index in [0.717, 1.165) is 18.6 Å². The first-order chi connectivity index (χ1) is 15.1. The van der Waals surface area contributed by atoms with Crippen LogP contribution in [0.1, 0.15) is 24.8 Å². The van der Waals surface area contributed by atoms with Crippen molar-refractivity contribution in [3.8, 4) is 0 Å². The van der Waals surface area contributed by atoms with Gasteiger partial charge in [-0.3, -0.25) is 9.59 Å². The standard InChI is InChI=1S/C25H25NO3S2/c27-22(26-14-16-31-30-15-13-23(28)29)6-2-3-17-7-8-20-10-9-18-4-1-5-19-11-12-21(17)25(20)24(18)19/h1,4-5,7-12H,2-3,6,13-16H2,(H,26,27)(H,28,29). The van der Waals surface area contributed by atoms with Crippen molar-refractivity contribution in [3.05, 3.63) is 60.2 Å². The molecule has 0 atom stereocenters. The quantitative estimate of drug-likeness (QED) is 0.169. The summed E-state index contributed by atoms with van der Waals surface area (Å²) >= 11 is 0. The van der Waals surface area contributed by atoms with Gasteiger partial charge in [-0.2, -0.15) is 0 Å². The van der Waals surface area contributed by atoms with Gasteiger partial charge in [-0.05, 0) is 50.7 Å². The van der Waals surface area contributed by atoms with Crippen LogP contribution in [0.15, 0.2) is 54.6 Å². The van der Waals surface area contributed by atoms with Crippen molar-refractivity contribution in [1.29, 1.82) is 0 Å². The summed E-state index contributed by atoms with van der Waals surface area (Å²) in [6, 6.07) is 19.6. The number of carboxylic acid groups (broad SMARTS) is 1. The molecule has 4 aromatic carbocycles. The van der Waals surface area contributed by atoms with Crippen molar-refractivity contribution >= 4 is 65.8 Å². The van der Waals surface area contributed by atoms with Crippen LogP contribution in [0.25, 0.3) is 32.3 Å². The zero-order valence-corrected chi connectivity index (χ0v) is 18.9. The minimum atomic E-state index is -0.772. The van der Waals surface area contributed by atoms with Gasteiger partial charge in [-0.1, -0.05) is 76.2 Å². The molecule has 6 heteroatoms. The lowest BCUT2D eigenvalue weighted by Crippen LogP contribution is -2.25. The number of carboxylic acids is 1. The Hall–Kier alpha value is -2.44. The molecule has 0 spiro atoms. The number of nitrogens with one attached hydrogen (secondary N) is 1.